The highest BCUT2D eigenvalue weighted by Crippen LogP contribution is 2.28. The molecule has 2 aromatic rings. The van der Waals surface area contributed by atoms with Crippen LogP contribution < -0.4 is 29.9 Å². The predicted molar refractivity (Wildman–Crippen MR) is 104 cm³/mol. The van der Waals surface area contributed by atoms with Gasteiger partial charge in [0.05, 0.1) is 28.4 Å². The molecule has 146 valence electrons. The summed E-state index contributed by atoms with van der Waals surface area (Å²) >= 11 is 5.78. The van der Waals surface area contributed by atoms with Crippen LogP contribution in [-0.4, -0.2) is 62.8 Å². The van der Waals surface area contributed by atoms with Crippen LogP contribution in [0.15, 0.2) is 30.3 Å². The van der Waals surface area contributed by atoms with Crippen molar-refractivity contribution >= 4 is 36.8 Å². The van der Waals surface area contributed by atoms with Crippen molar-refractivity contribution in [2.24, 2.45) is 0 Å². The van der Waals surface area contributed by atoms with Crippen LogP contribution in [0.5, 0.6) is 23.0 Å². The van der Waals surface area contributed by atoms with Gasteiger partial charge in [-0.1, -0.05) is 17.7 Å². The first-order chi connectivity index (χ1) is 12.8. The maximum Gasteiger partial charge on any atom is 0.490 e. The van der Waals surface area contributed by atoms with Gasteiger partial charge in [-0.3, -0.25) is 0 Å². The SMILES string of the molecule is COc1cc(Cl)c(B(O)O)cc1OC.COc1ccc(B(O)O)cc1OC. The Balaban J connectivity index is 0.000000271. The van der Waals surface area contributed by atoms with E-state index in [4.69, 9.17) is 50.6 Å². The van der Waals surface area contributed by atoms with E-state index in [1.165, 1.54) is 46.6 Å². The van der Waals surface area contributed by atoms with E-state index in [0.717, 1.165) is 0 Å². The minimum absolute atomic E-state index is 0.185. The fraction of sp³-hybridized carbons (Fsp3) is 0.250. The monoisotopic (exact) mass is 398 g/mol. The Morgan fingerprint density at radius 3 is 1.59 bits per heavy atom. The van der Waals surface area contributed by atoms with Crippen LogP contribution in [0.1, 0.15) is 0 Å². The summed E-state index contributed by atoms with van der Waals surface area (Å²) in [5, 5.41) is 35.9. The molecular weight excluding hydrogens is 377 g/mol. The molecule has 8 nitrogen and oxygen atoms in total. The van der Waals surface area contributed by atoms with Crippen LogP contribution in [0, 0.1) is 0 Å². The summed E-state index contributed by atoms with van der Waals surface area (Å²) in [5.74, 6) is 1.89. The summed E-state index contributed by atoms with van der Waals surface area (Å²) in [5.41, 5.74) is 0.557. The van der Waals surface area contributed by atoms with Gasteiger partial charge in [0, 0.05) is 16.6 Å². The van der Waals surface area contributed by atoms with Crippen molar-refractivity contribution in [1.82, 2.24) is 0 Å². The van der Waals surface area contributed by atoms with Gasteiger partial charge in [0.2, 0.25) is 0 Å². The fourth-order valence-corrected chi connectivity index (χ4v) is 2.33. The summed E-state index contributed by atoms with van der Waals surface area (Å²) in [7, 11) is 2.84. The van der Waals surface area contributed by atoms with E-state index in [0.29, 0.717) is 28.5 Å². The highest BCUT2D eigenvalue weighted by atomic mass is 35.5. The smallest absolute Gasteiger partial charge is 0.490 e. The fourth-order valence-electron chi connectivity index (χ4n) is 2.08. The van der Waals surface area contributed by atoms with Crippen LogP contribution in [0.4, 0.5) is 0 Å². The van der Waals surface area contributed by atoms with E-state index in [1.54, 1.807) is 12.1 Å². The van der Waals surface area contributed by atoms with Gasteiger partial charge in [0.15, 0.2) is 23.0 Å². The Morgan fingerprint density at radius 1 is 0.667 bits per heavy atom. The van der Waals surface area contributed by atoms with E-state index in [2.05, 4.69) is 0 Å². The van der Waals surface area contributed by atoms with Gasteiger partial charge in [0.1, 0.15) is 0 Å². The molecule has 0 fully saturated rings. The molecule has 0 saturated heterocycles. The van der Waals surface area contributed by atoms with E-state index in [-0.39, 0.29) is 10.5 Å². The summed E-state index contributed by atoms with van der Waals surface area (Å²) in [6.07, 6.45) is 0. The zero-order valence-electron chi connectivity index (χ0n) is 15.3. The number of hydrogen-bond donors (Lipinski definition) is 4. The number of hydrogen-bond acceptors (Lipinski definition) is 8. The molecule has 27 heavy (non-hydrogen) atoms. The third-order valence-corrected chi connectivity index (χ3v) is 3.81. The standard InChI is InChI=1S/C8H10BClO4.C8H11BO4/c1-13-7-3-5(9(11)12)6(10)4-8(7)14-2;1-12-7-4-3-6(9(10)11)5-8(7)13-2/h3-4,11-12H,1-2H3;3-5,10-11H,1-2H3. The Morgan fingerprint density at radius 2 is 1.15 bits per heavy atom. The minimum atomic E-state index is -1.62. The number of ether oxygens (including phenoxy) is 4. The zero-order chi connectivity index (χ0) is 20.6. The van der Waals surface area contributed by atoms with Gasteiger partial charge in [-0.05, 0) is 23.7 Å². The molecule has 0 aliphatic carbocycles. The van der Waals surface area contributed by atoms with Crippen molar-refractivity contribution in [1.29, 1.82) is 0 Å². The van der Waals surface area contributed by atoms with Gasteiger partial charge in [-0.2, -0.15) is 0 Å². The van der Waals surface area contributed by atoms with E-state index in [9.17, 15) is 0 Å². The first-order valence-corrected chi connectivity index (χ1v) is 8.02. The van der Waals surface area contributed by atoms with Crippen molar-refractivity contribution in [3.05, 3.63) is 35.4 Å². The lowest BCUT2D eigenvalue weighted by molar-refractivity contribution is 0.355. The molecule has 11 heteroatoms. The molecule has 0 bridgehead atoms. The molecule has 0 amide bonds. The molecule has 0 unspecified atom stereocenters. The van der Waals surface area contributed by atoms with Crippen molar-refractivity contribution in [2.45, 2.75) is 0 Å². The molecule has 2 rings (SSSR count). The quantitative estimate of drug-likeness (QED) is 0.478. The summed E-state index contributed by atoms with van der Waals surface area (Å²) in [6, 6.07) is 7.59. The Bertz CT molecular complexity index is 743. The Hall–Kier alpha value is -2.10. The average Bonchev–Trinajstić information content (AvgIpc) is 2.67. The molecule has 0 radical (unpaired) electrons. The zero-order valence-corrected chi connectivity index (χ0v) is 16.1. The van der Waals surface area contributed by atoms with Crippen LogP contribution in [0.2, 0.25) is 5.02 Å². The second kappa shape index (κ2) is 10.9. The van der Waals surface area contributed by atoms with Crippen molar-refractivity contribution in [2.75, 3.05) is 28.4 Å². The topological polar surface area (TPSA) is 118 Å². The molecule has 0 aromatic heterocycles. The van der Waals surface area contributed by atoms with Crippen molar-refractivity contribution in [3.63, 3.8) is 0 Å². The molecule has 0 atom stereocenters. The van der Waals surface area contributed by atoms with Crippen molar-refractivity contribution in [3.8, 4) is 23.0 Å². The summed E-state index contributed by atoms with van der Waals surface area (Å²) in [6.45, 7) is 0. The third kappa shape index (κ3) is 6.23. The van der Waals surface area contributed by atoms with E-state index >= 15 is 0 Å². The van der Waals surface area contributed by atoms with E-state index < -0.39 is 14.2 Å². The number of methoxy groups -OCH3 is 4. The lowest BCUT2D eigenvalue weighted by atomic mass is 9.80. The Labute approximate surface area is 163 Å². The average molecular weight is 398 g/mol. The number of halogens is 1. The summed E-state index contributed by atoms with van der Waals surface area (Å²) in [4.78, 5) is 0. The molecule has 0 spiro atoms. The highest BCUT2D eigenvalue weighted by molar-refractivity contribution is 6.62. The lowest BCUT2D eigenvalue weighted by Crippen LogP contribution is -2.30. The molecule has 4 N–H and O–H groups in total. The molecule has 2 aromatic carbocycles. The third-order valence-electron chi connectivity index (χ3n) is 3.49. The second-order valence-electron chi connectivity index (χ2n) is 5.09. The molecular formula is C16H21B2ClO8. The van der Waals surface area contributed by atoms with Crippen LogP contribution in [-0.2, 0) is 0 Å². The van der Waals surface area contributed by atoms with Gasteiger partial charge >= 0.3 is 14.2 Å². The van der Waals surface area contributed by atoms with Gasteiger partial charge in [-0.25, -0.2) is 0 Å². The maximum absolute atomic E-state index is 8.96. The van der Waals surface area contributed by atoms with Crippen molar-refractivity contribution < 1.29 is 39.0 Å². The normalized spacial score (nSPS) is 9.67. The van der Waals surface area contributed by atoms with Gasteiger partial charge in [-0.15, -0.1) is 0 Å². The van der Waals surface area contributed by atoms with Crippen LogP contribution >= 0.6 is 11.6 Å². The maximum atomic E-state index is 8.96. The first-order valence-electron chi connectivity index (χ1n) is 7.64. The van der Waals surface area contributed by atoms with Gasteiger partial charge < -0.3 is 39.0 Å². The summed E-state index contributed by atoms with van der Waals surface area (Å²) < 4.78 is 19.9. The minimum Gasteiger partial charge on any atom is -0.493 e. The number of benzene rings is 2. The molecule has 0 saturated carbocycles. The first kappa shape index (κ1) is 22.9. The van der Waals surface area contributed by atoms with Crippen LogP contribution in [0.3, 0.4) is 0 Å². The molecule has 0 aliphatic heterocycles. The lowest BCUT2D eigenvalue weighted by Gasteiger charge is -2.10. The highest BCUT2D eigenvalue weighted by Gasteiger charge is 2.19. The van der Waals surface area contributed by atoms with Gasteiger partial charge in [0.25, 0.3) is 0 Å². The number of rotatable bonds is 6. The molecule has 0 heterocycles. The Kier molecular flexibility index (Phi) is 9.27. The second-order valence-corrected chi connectivity index (χ2v) is 5.50. The van der Waals surface area contributed by atoms with E-state index in [1.807, 2.05) is 0 Å². The molecule has 0 aliphatic rings. The predicted octanol–water partition coefficient (Wildman–Crippen LogP) is -0.579. The van der Waals surface area contributed by atoms with Crippen LogP contribution in [0.25, 0.3) is 0 Å². The largest absolute Gasteiger partial charge is 0.493 e.